The second-order valence-corrected chi connectivity index (χ2v) is 7.39. The number of Topliss-reactive ketones (excluding diaryl/α,β-unsaturated/α-hetero) is 1. The van der Waals surface area contributed by atoms with Crippen molar-refractivity contribution in [1.82, 2.24) is 0 Å². The summed E-state index contributed by atoms with van der Waals surface area (Å²) in [7, 11) is 0. The van der Waals surface area contributed by atoms with Gasteiger partial charge in [0, 0.05) is 23.8 Å². The molecule has 0 aliphatic heterocycles. The van der Waals surface area contributed by atoms with Gasteiger partial charge in [-0.25, -0.2) is 4.79 Å². The summed E-state index contributed by atoms with van der Waals surface area (Å²) in [5.41, 5.74) is 2.24. The van der Waals surface area contributed by atoms with Crippen LogP contribution in [-0.4, -0.2) is 34.3 Å². The van der Waals surface area contributed by atoms with Crippen LogP contribution >= 0.6 is 11.8 Å². The van der Waals surface area contributed by atoms with Gasteiger partial charge in [0.05, 0.1) is 11.3 Å². The molecule has 6 heteroatoms. The molecule has 142 valence electrons. The third-order valence-corrected chi connectivity index (χ3v) is 5.41. The summed E-state index contributed by atoms with van der Waals surface area (Å²) in [4.78, 5) is 35.0. The topological polar surface area (TPSA) is 83.5 Å². The molecule has 5 nitrogen and oxygen atoms in total. The Morgan fingerprint density at radius 2 is 1.78 bits per heavy atom. The van der Waals surface area contributed by atoms with Crippen LogP contribution in [0.2, 0.25) is 0 Å². The summed E-state index contributed by atoms with van der Waals surface area (Å²) >= 11 is 1.51. The van der Waals surface area contributed by atoms with Crippen molar-refractivity contribution in [1.29, 1.82) is 0 Å². The lowest BCUT2D eigenvalue weighted by Crippen LogP contribution is -2.18. The van der Waals surface area contributed by atoms with Crippen molar-refractivity contribution in [3.63, 3.8) is 0 Å². The summed E-state index contributed by atoms with van der Waals surface area (Å²) < 4.78 is 0. The fraction of sp³-hybridized carbons (Fsp3) is 0.286. The van der Waals surface area contributed by atoms with Crippen molar-refractivity contribution in [3.05, 3.63) is 65.2 Å². The highest BCUT2D eigenvalue weighted by Crippen LogP contribution is 2.26. The maximum Gasteiger partial charge on any atom is 0.336 e. The first-order chi connectivity index (χ1) is 12.9. The Bertz CT molecular complexity index is 820. The number of amides is 1. The molecule has 2 N–H and O–H groups in total. The first-order valence-corrected chi connectivity index (χ1v) is 9.79. The molecule has 2 aromatic rings. The van der Waals surface area contributed by atoms with Gasteiger partial charge in [0.1, 0.15) is 5.78 Å². The van der Waals surface area contributed by atoms with Crippen molar-refractivity contribution >= 4 is 35.1 Å². The number of ketones is 1. The molecule has 27 heavy (non-hydrogen) atoms. The van der Waals surface area contributed by atoms with Crippen LogP contribution in [0, 0.1) is 6.92 Å². The Hall–Kier alpha value is -2.60. The van der Waals surface area contributed by atoms with Crippen LogP contribution in [0.25, 0.3) is 0 Å². The van der Waals surface area contributed by atoms with E-state index in [4.69, 9.17) is 0 Å². The summed E-state index contributed by atoms with van der Waals surface area (Å²) in [6.07, 6.45) is 0.256. The third-order valence-electron chi connectivity index (χ3n) is 4.17. The highest BCUT2D eigenvalue weighted by atomic mass is 32.2. The molecule has 1 atom stereocenters. The quantitative estimate of drug-likeness (QED) is 0.678. The average molecular weight is 385 g/mol. The summed E-state index contributed by atoms with van der Waals surface area (Å²) in [6.45, 7) is 3.23. The minimum absolute atomic E-state index is 0.0292. The molecular formula is C21H23NO4S. The van der Waals surface area contributed by atoms with E-state index < -0.39 is 5.97 Å². The molecule has 0 heterocycles. The van der Waals surface area contributed by atoms with Gasteiger partial charge in [0.15, 0.2) is 0 Å². The van der Waals surface area contributed by atoms with E-state index in [1.807, 2.05) is 30.3 Å². The maximum absolute atomic E-state index is 12.6. The second-order valence-electron chi connectivity index (χ2n) is 6.36. The SMILES string of the molecule is CC(=O)CSCC(CC(=O)Nc1cccc(C(=O)O)c1C)c1ccccc1. The number of rotatable bonds is 9. The van der Waals surface area contributed by atoms with Crippen LogP contribution in [-0.2, 0) is 9.59 Å². The smallest absolute Gasteiger partial charge is 0.336 e. The van der Waals surface area contributed by atoms with E-state index in [2.05, 4.69) is 5.32 Å². The highest BCUT2D eigenvalue weighted by Gasteiger charge is 2.18. The Morgan fingerprint density at radius 3 is 2.41 bits per heavy atom. The molecule has 2 rings (SSSR count). The lowest BCUT2D eigenvalue weighted by Gasteiger charge is -2.17. The van der Waals surface area contributed by atoms with Crippen LogP contribution < -0.4 is 5.32 Å². The number of carbonyl (C=O) groups excluding carboxylic acids is 2. The maximum atomic E-state index is 12.6. The van der Waals surface area contributed by atoms with Crippen LogP contribution in [0.5, 0.6) is 0 Å². The zero-order chi connectivity index (χ0) is 19.8. The zero-order valence-corrected chi connectivity index (χ0v) is 16.2. The normalized spacial score (nSPS) is 11.6. The van der Waals surface area contributed by atoms with Gasteiger partial charge in [-0.2, -0.15) is 11.8 Å². The number of carboxylic acids is 1. The standard InChI is InChI=1S/C21H23NO4S/c1-14(23)12-27-13-17(16-7-4-3-5-8-16)11-20(24)22-19-10-6-9-18(15(19)2)21(25)26/h3-10,17H,11-13H2,1-2H3,(H,22,24)(H,25,26). The molecule has 2 aromatic carbocycles. The summed E-state index contributed by atoms with van der Waals surface area (Å²) in [5, 5.41) is 12.0. The minimum Gasteiger partial charge on any atom is -0.478 e. The zero-order valence-electron chi connectivity index (χ0n) is 15.4. The first-order valence-electron chi connectivity index (χ1n) is 8.63. The Morgan fingerprint density at radius 1 is 1.07 bits per heavy atom. The Labute approximate surface area is 163 Å². The number of aromatic carboxylic acids is 1. The van der Waals surface area contributed by atoms with Gasteiger partial charge in [-0.05, 0) is 37.1 Å². The molecule has 0 saturated carbocycles. The predicted octanol–water partition coefficient (Wildman–Crippen LogP) is 4.13. The van der Waals surface area contributed by atoms with Gasteiger partial charge in [-0.3, -0.25) is 9.59 Å². The van der Waals surface area contributed by atoms with Crippen molar-refractivity contribution in [2.45, 2.75) is 26.2 Å². The molecule has 0 spiro atoms. The number of hydrogen-bond donors (Lipinski definition) is 2. The number of thioether (sulfide) groups is 1. The van der Waals surface area contributed by atoms with Gasteiger partial charge in [0.25, 0.3) is 0 Å². The fourth-order valence-electron chi connectivity index (χ4n) is 2.77. The lowest BCUT2D eigenvalue weighted by atomic mass is 9.97. The van der Waals surface area contributed by atoms with E-state index in [-0.39, 0.29) is 29.6 Å². The fourth-order valence-corrected chi connectivity index (χ4v) is 3.77. The molecule has 0 bridgehead atoms. The second kappa shape index (κ2) is 9.92. The van der Waals surface area contributed by atoms with E-state index >= 15 is 0 Å². The Balaban J connectivity index is 2.10. The number of carbonyl (C=O) groups is 3. The first kappa shape index (κ1) is 20.7. The largest absolute Gasteiger partial charge is 0.478 e. The molecule has 0 fully saturated rings. The molecule has 1 amide bonds. The molecule has 0 saturated heterocycles. The Kier molecular flexibility index (Phi) is 7.61. The monoisotopic (exact) mass is 385 g/mol. The molecule has 0 radical (unpaired) electrons. The number of nitrogens with one attached hydrogen (secondary N) is 1. The van der Waals surface area contributed by atoms with Gasteiger partial charge in [-0.15, -0.1) is 0 Å². The predicted molar refractivity (Wildman–Crippen MR) is 109 cm³/mol. The van der Waals surface area contributed by atoms with Crippen LogP contribution in [0.3, 0.4) is 0 Å². The number of benzene rings is 2. The highest BCUT2D eigenvalue weighted by molar-refractivity contribution is 7.99. The van der Waals surface area contributed by atoms with Gasteiger partial charge in [-0.1, -0.05) is 36.4 Å². The number of hydrogen-bond acceptors (Lipinski definition) is 4. The molecular weight excluding hydrogens is 362 g/mol. The van der Waals surface area contributed by atoms with E-state index in [9.17, 15) is 19.5 Å². The number of anilines is 1. The van der Waals surface area contributed by atoms with Crippen molar-refractivity contribution < 1.29 is 19.5 Å². The summed E-state index contributed by atoms with van der Waals surface area (Å²) in [5.74, 6) is -0.0456. The van der Waals surface area contributed by atoms with Crippen LogP contribution in [0.1, 0.15) is 40.7 Å². The van der Waals surface area contributed by atoms with Crippen molar-refractivity contribution in [2.24, 2.45) is 0 Å². The minimum atomic E-state index is -1.02. The molecule has 1 unspecified atom stereocenters. The van der Waals surface area contributed by atoms with Gasteiger partial charge >= 0.3 is 5.97 Å². The van der Waals surface area contributed by atoms with Crippen molar-refractivity contribution in [3.8, 4) is 0 Å². The van der Waals surface area contributed by atoms with E-state index in [0.717, 1.165) is 5.56 Å². The lowest BCUT2D eigenvalue weighted by molar-refractivity contribution is -0.116. The van der Waals surface area contributed by atoms with Crippen LogP contribution in [0.15, 0.2) is 48.5 Å². The van der Waals surface area contributed by atoms with Crippen LogP contribution in [0.4, 0.5) is 5.69 Å². The van der Waals surface area contributed by atoms with Gasteiger partial charge in [0.2, 0.25) is 5.91 Å². The molecule has 0 aliphatic carbocycles. The van der Waals surface area contributed by atoms with Crippen molar-refractivity contribution in [2.75, 3.05) is 16.8 Å². The molecule has 0 aromatic heterocycles. The molecule has 0 aliphatic rings. The van der Waals surface area contributed by atoms with E-state index in [0.29, 0.717) is 22.8 Å². The average Bonchev–Trinajstić information content (AvgIpc) is 2.63. The van der Waals surface area contributed by atoms with E-state index in [1.54, 1.807) is 26.0 Å². The number of carboxylic acid groups (broad SMARTS) is 1. The van der Waals surface area contributed by atoms with E-state index in [1.165, 1.54) is 17.8 Å². The third kappa shape index (κ3) is 6.25. The summed E-state index contributed by atoms with van der Waals surface area (Å²) in [6, 6.07) is 14.5. The van der Waals surface area contributed by atoms with Gasteiger partial charge < -0.3 is 10.4 Å².